The van der Waals surface area contributed by atoms with Crippen molar-refractivity contribution in [3.63, 3.8) is 0 Å². The molecule has 0 bridgehead atoms. The molecule has 1 atom stereocenters. The first kappa shape index (κ1) is 28.7. The molecule has 0 saturated carbocycles. The summed E-state index contributed by atoms with van der Waals surface area (Å²) in [5, 5.41) is 2.96. The van der Waals surface area contributed by atoms with E-state index in [9.17, 15) is 40.3 Å². The van der Waals surface area contributed by atoms with Gasteiger partial charge in [0, 0.05) is 11.1 Å². The van der Waals surface area contributed by atoms with Crippen molar-refractivity contribution in [3.8, 4) is 0 Å². The number of benzene rings is 2. The number of hydrogen-bond donors (Lipinski definition) is 2. The molecule has 2 aromatic rings. The highest BCUT2D eigenvalue weighted by molar-refractivity contribution is 6.48. The fraction of sp³-hybridized carbons (Fsp3) is 0.238. The average Bonchev–Trinajstić information content (AvgIpc) is 2.76. The zero-order chi connectivity index (χ0) is 26.6. The molecular formula is C21H14Cl3F7N2O2. The van der Waals surface area contributed by atoms with Crippen molar-refractivity contribution in [2.45, 2.75) is 18.3 Å². The van der Waals surface area contributed by atoms with Crippen molar-refractivity contribution >= 4 is 52.4 Å². The number of carbonyl (C=O) groups is 2. The van der Waals surface area contributed by atoms with E-state index >= 15 is 0 Å². The van der Waals surface area contributed by atoms with Crippen molar-refractivity contribution in [1.29, 1.82) is 0 Å². The van der Waals surface area contributed by atoms with Gasteiger partial charge < -0.3 is 10.6 Å². The van der Waals surface area contributed by atoms with Gasteiger partial charge in [0.05, 0.1) is 21.6 Å². The second-order valence-electron chi connectivity index (χ2n) is 6.98. The van der Waals surface area contributed by atoms with E-state index in [0.29, 0.717) is 6.08 Å². The normalized spacial score (nSPS) is 13.4. The quantitative estimate of drug-likeness (QED) is 0.290. The van der Waals surface area contributed by atoms with Crippen molar-refractivity contribution in [3.05, 3.63) is 74.2 Å². The molecule has 190 valence electrons. The van der Waals surface area contributed by atoms with Crippen molar-refractivity contribution < 1.29 is 40.3 Å². The van der Waals surface area contributed by atoms with Crippen LogP contribution in [0.5, 0.6) is 0 Å². The molecule has 0 fully saturated rings. The van der Waals surface area contributed by atoms with Crippen LogP contribution in [0, 0.1) is 0 Å². The Bertz CT molecular complexity index is 1090. The summed E-state index contributed by atoms with van der Waals surface area (Å²) in [5.74, 6) is -5.66. The molecule has 1 unspecified atom stereocenters. The Kier molecular flexibility index (Phi) is 9.43. The van der Waals surface area contributed by atoms with Crippen LogP contribution in [0.2, 0.25) is 15.1 Å². The second kappa shape index (κ2) is 11.5. The van der Waals surface area contributed by atoms with Crippen LogP contribution in [-0.4, -0.2) is 37.3 Å². The fourth-order valence-electron chi connectivity index (χ4n) is 2.68. The number of halogens is 10. The smallest absolute Gasteiger partial charge is 0.345 e. The minimum atomic E-state index is -4.91. The highest BCUT2D eigenvalue weighted by Gasteiger charge is 2.40. The molecule has 0 saturated heterocycles. The first-order valence-corrected chi connectivity index (χ1v) is 10.5. The Morgan fingerprint density at radius 1 is 0.886 bits per heavy atom. The zero-order valence-corrected chi connectivity index (χ0v) is 19.4. The van der Waals surface area contributed by atoms with Gasteiger partial charge in [-0.2, -0.15) is 26.3 Å². The van der Waals surface area contributed by atoms with Crippen molar-refractivity contribution in [2.24, 2.45) is 0 Å². The molecule has 2 aromatic carbocycles. The predicted molar refractivity (Wildman–Crippen MR) is 117 cm³/mol. The molecule has 0 aromatic heterocycles. The fourth-order valence-corrected chi connectivity index (χ4v) is 3.29. The molecule has 0 aliphatic carbocycles. The lowest BCUT2D eigenvalue weighted by molar-refractivity contribution is -0.139. The number of rotatable bonds is 7. The number of allylic oxidation sites excluding steroid dienone is 1. The highest BCUT2D eigenvalue weighted by Crippen LogP contribution is 2.42. The molecule has 2 N–H and O–H groups in total. The van der Waals surface area contributed by atoms with Crippen LogP contribution in [0.25, 0.3) is 5.83 Å². The third kappa shape index (κ3) is 8.59. The van der Waals surface area contributed by atoms with Gasteiger partial charge in [0.2, 0.25) is 5.91 Å². The van der Waals surface area contributed by atoms with Crippen LogP contribution >= 0.6 is 34.8 Å². The van der Waals surface area contributed by atoms with E-state index in [-0.39, 0.29) is 26.2 Å². The lowest BCUT2D eigenvalue weighted by Crippen LogP contribution is -2.40. The Morgan fingerprint density at radius 2 is 1.40 bits per heavy atom. The third-order valence-corrected chi connectivity index (χ3v) is 5.55. The SMILES string of the molecule is O=C(CNC(=O)c1ccc(C(F)=CC(c2cc(Cl)c(Cl)c(Cl)c2)C(F)(F)F)cc1)NCC(F)(F)F. The topological polar surface area (TPSA) is 58.2 Å². The van der Waals surface area contributed by atoms with Gasteiger partial charge in [0.15, 0.2) is 0 Å². The largest absolute Gasteiger partial charge is 0.405 e. The lowest BCUT2D eigenvalue weighted by atomic mass is 9.96. The summed E-state index contributed by atoms with van der Waals surface area (Å²) in [5.41, 5.74) is -0.870. The maximum atomic E-state index is 14.7. The number of carbonyl (C=O) groups excluding carboxylic acids is 2. The summed E-state index contributed by atoms with van der Waals surface area (Å²) >= 11 is 17.3. The standard InChI is InChI=1S/C21H14Cl3F7N2O2/c22-14-5-12(6-15(23)18(14)24)13(21(29,30)31)7-16(25)10-1-3-11(4-2-10)19(35)32-8-17(34)33-9-20(26,27)28/h1-7,13H,8-9H2,(H,32,35)(H,33,34). The summed E-state index contributed by atoms with van der Waals surface area (Å²) in [6.07, 6.45) is -9.23. The third-order valence-electron chi connectivity index (χ3n) is 4.35. The summed E-state index contributed by atoms with van der Waals surface area (Å²) in [7, 11) is 0. The van der Waals surface area contributed by atoms with E-state index < -0.39 is 54.6 Å². The van der Waals surface area contributed by atoms with Gasteiger partial charge in [-0.05, 0) is 35.9 Å². The minimum Gasteiger partial charge on any atom is -0.345 e. The average molecular weight is 566 g/mol. The van der Waals surface area contributed by atoms with Gasteiger partial charge in [-0.3, -0.25) is 9.59 Å². The van der Waals surface area contributed by atoms with Crippen LogP contribution < -0.4 is 10.6 Å². The van der Waals surface area contributed by atoms with Gasteiger partial charge in [-0.1, -0.05) is 46.9 Å². The molecule has 2 amide bonds. The first-order valence-electron chi connectivity index (χ1n) is 9.39. The van der Waals surface area contributed by atoms with E-state index in [4.69, 9.17) is 34.8 Å². The Morgan fingerprint density at radius 3 is 1.89 bits per heavy atom. The molecule has 0 radical (unpaired) electrons. The Balaban J connectivity index is 2.15. The van der Waals surface area contributed by atoms with Crippen LogP contribution in [0.3, 0.4) is 0 Å². The van der Waals surface area contributed by atoms with Gasteiger partial charge in [0.25, 0.3) is 5.91 Å². The maximum Gasteiger partial charge on any atom is 0.405 e. The number of alkyl halides is 6. The molecular weight excluding hydrogens is 552 g/mol. The Labute approximate surface area is 209 Å². The molecule has 4 nitrogen and oxygen atoms in total. The summed E-state index contributed by atoms with van der Waals surface area (Å²) in [6.45, 7) is -2.33. The summed E-state index contributed by atoms with van der Waals surface area (Å²) in [4.78, 5) is 23.3. The number of nitrogens with one attached hydrogen (secondary N) is 2. The molecule has 0 aliphatic heterocycles. The van der Waals surface area contributed by atoms with Crippen LogP contribution in [0.4, 0.5) is 30.7 Å². The zero-order valence-electron chi connectivity index (χ0n) is 17.1. The summed E-state index contributed by atoms with van der Waals surface area (Å²) in [6, 6.07) is 5.97. The molecule has 0 aliphatic rings. The van der Waals surface area contributed by atoms with E-state index in [2.05, 4.69) is 5.32 Å². The number of hydrogen-bond acceptors (Lipinski definition) is 2. The molecule has 0 heterocycles. The van der Waals surface area contributed by atoms with Gasteiger partial charge in [-0.15, -0.1) is 0 Å². The van der Waals surface area contributed by atoms with Crippen molar-refractivity contribution in [2.75, 3.05) is 13.1 Å². The van der Waals surface area contributed by atoms with E-state index in [1.807, 2.05) is 0 Å². The van der Waals surface area contributed by atoms with Gasteiger partial charge in [-0.25, -0.2) is 4.39 Å². The monoisotopic (exact) mass is 564 g/mol. The molecule has 2 rings (SSSR count). The summed E-state index contributed by atoms with van der Waals surface area (Å²) < 4.78 is 91.7. The molecule has 0 spiro atoms. The van der Waals surface area contributed by atoms with Crippen molar-refractivity contribution in [1.82, 2.24) is 10.6 Å². The first-order chi connectivity index (χ1) is 16.1. The second-order valence-corrected chi connectivity index (χ2v) is 8.18. The minimum absolute atomic E-state index is 0.117. The lowest BCUT2D eigenvalue weighted by Gasteiger charge is -2.19. The van der Waals surface area contributed by atoms with Crippen LogP contribution in [-0.2, 0) is 4.79 Å². The highest BCUT2D eigenvalue weighted by atomic mass is 35.5. The van der Waals surface area contributed by atoms with E-state index in [1.54, 1.807) is 5.32 Å². The van der Waals surface area contributed by atoms with Gasteiger partial charge in [0.1, 0.15) is 18.3 Å². The van der Waals surface area contributed by atoms with E-state index in [0.717, 1.165) is 36.4 Å². The van der Waals surface area contributed by atoms with Gasteiger partial charge >= 0.3 is 12.4 Å². The number of amides is 2. The Hall–Kier alpha value is -2.50. The molecule has 35 heavy (non-hydrogen) atoms. The maximum absolute atomic E-state index is 14.7. The molecule has 14 heteroatoms. The predicted octanol–water partition coefficient (Wildman–Crippen LogP) is 6.71. The van der Waals surface area contributed by atoms with Crippen LogP contribution in [0.1, 0.15) is 27.4 Å². The van der Waals surface area contributed by atoms with Crippen LogP contribution in [0.15, 0.2) is 42.5 Å². The van der Waals surface area contributed by atoms with E-state index in [1.165, 1.54) is 0 Å².